The number of halogens is 2. The normalized spacial score (nSPS) is 11.4. The number of thiophene rings is 1. The third-order valence-electron chi connectivity index (χ3n) is 2.03. The van der Waals surface area contributed by atoms with Crippen molar-refractivity contribution in [2.45, 2.75) is 4.21 Å². The van der Waals surface area contributed by atoms with E-state index in [0.29, 0.717) is 5.69 Å². The fourth-order valence-electron chi connectivity index (χ4n) is 1.24. The zero-order valence-corrected chi connectivity index (χ0v) is 11.2. The van der Waals surface area contributed by atoms with Gasteiger partial charge in [0, 0.05) is 11.1 Å². The molecule has 96 valence electrons. The lowest BCUT2D eigenvalue weighted by Gasteiger charge is -2.07. The van der Waals surface area contributed by atoms with Gasteiger partial charge in [0.15, 0.2) is 0 Å². The van der Waals surface area contributed by atoms with Crippen molar-refractivity contribution in [1.82, 2.24) is 0 Å². The van der Waals surface area contributed by atoms with E-state index >= 15 is 0 Å². The van der Waals surface area contributed by atoms with Crippen LogP contribution in [0.5, 0.6) is 0 Å². The van der Waals surface area contributed by atoms with Crippen LogP contribution >= 0.6 is 22.9 Å². The number of rotatable bonds is 3. The van der Waals surface area contributed by atoms with E-state index in [4.69, 9.17) is 17.3 Å². The van der Waals surface area contributed by atoms with E-state index in [1.54, 1.807) is 0 Å². The topological polar surface area (TPSA) is 72.2 Å². The summed E-state index contributed by atoms with van der Waals surface area (Å²) in [7, 11) is -3.79. The van der Waals surface area contributed by atoms with Gasteiger partial charge in [0.1, 0.15) is 10.0 Å². The molecule has 4 nitrogen and oxygen atoms in total. The van der Waals surface area contributed by atoms with Crippen molar-refractivity contribution in [3.8, 4) is 0 Å². The predicted molar refractivity (Wildman–Crippen MR) is 70.9 cm³/mol. The molecule has 0 saturated carbocycles. The zero-order valence-electron chi connectivity index (χ0n) is 8.85. The van der Waals surface area contributed by atoms with Gasteiger partial charge >= 0.3 is 0 Å². The van der Waals surface area contributed by atoms with Crippen LogP contribution in [-0.4, -0.2) is 8.42 Å². The Labute approximate surface area is 112 Å². The quantitative estimate of drug-likeness (QED) is 0.916. The molecule has 18 heavy (non-hydrogen) atoms. The first-order chi connectivity index (χ1) is 8.38. The fraction of sp³-hybridized carbons (Fsp3) is 0. The molecule has 2 rings (SSSR count). The largest absolute Gasteiger partial charge is 0.398 e. The molecule has 0 amide bonds. The Balaban J connectivity index is 2.36. The first-order valence-corrected chi connectivity index (χ1v) is 7.44. The average Bonchev–Trinajstić information content (AvgIpc) is 2.71. The van der Waals surface area contributed by atoms with Crippen molar-refractivity contribution in [2.24, 2.45) is 0 Å². The number of nitrogen functional groups attached to an aromatic ring is 1. The summed E-state index contributed by atoms with van der Waals surface area (Å²) in [6, 6.07) is 4.75. The van der Waals surface area contributed by atoms with Crippen molar-refractivity contribution >= 4 is 44.3 Å². The highest BCUT2D eigenvalue weighted by atomic mass is 35.5. The molecular weight excluding hydrogens is 299 g/mol. The Kier molecular flexibility index (Phi) is 3.47. The van der Waals surface area contributed by atoms with E-state index in [9.17, 15) is 12.8 Å². The molecule has 0 atom stereocenters. The number of hydrogen-bond donors (Lipinski definition) is 2. The third kappa shape index (κ3) is 2.74. The summed E-state index contributed by atoms with van der Waals surface area (Å²) in [4.78, 5) is 0. The Morgan fingerprint density at radius 2 is 2.06 bits per heavy atom. The molecule has 3 N–H and O–H groups in total. The minimum absolute atomic E-state index is 0.0105. The lowest BCUT2D eigenvalue weighted by atomic mass is 10.3. The van der Waals surface area contributed by atoms with Gasteiger partial charge in [-0.2, -0.15) is 0 Å². The van der Waals surface area contributed by atoms with Gasteiger partial charge in [-0.05, 0) is 24.3 Å². The molecular formula is C10H8ClFN2O2S2. The minimum atomic E-state index is -3.79. The second kappa shape index (κ2) is 4.75. The second-order valence-electron chi connectivity index (χ2n) is 3.43. The van der Waals surface area contributed by atoms with Crippen molar-refractivity contribution in [3.63, 3.8) is 0 Å². The summed E-state index contributed by atoms with van der Waals surface area (Å²) >= 11 is 6.75. The number of anilines is 2. The van der Waals surface area contributed by atoms with Gasteiger partial charge in [0.2, 0.25) is 0 Å². The lowest BCUT2D eigenvalue weighted by Crippen LogP contribution is -2.12. The monoisotopic (exact) mass is 306 g/mol. The van der Waals surface area contributed by atoms with Gasteiger partial charge in [0.05, 0.1) is 10.7 Å². The molecule has 2 aromatic rings. The molecule has 0 bridgehead atoms. The molecule has 0 spiro atoms. The smallest absolute Gasteiger partial charge is 0.271 e. The second-order valence-corrected chi connectivity index (χ2v) is 6.66. The molecule has 0 saturated heterocycles. The van der Waals surface area contributed by atoms with Gasteiger partial charge in [-0.3, -0.25) is 4.72 Å². The zero-order chi connectivity index (χ0) is 13.3. The van der Waals surface area contributed by atoms with E-state index in [1.807, 2.05) is 0 Å². The van der Waals surface area contributed by atoms with Gasteiger partial charge in [-0.1, -0.05) is 11.6 Å². The van der Waals surface area contributed by atoms with Crippen LogP contribution in [0.1, 0.15) is 0 Å². The Hall–Kier alpha value is -1.31. The molecule has 1 aromatic heterocycles. The SMILES string of the molecule is Nc1csc(S(=O)(=O)Nc2cc(F)ccc2Cl)c1. The van der Waals surface area contributed by atoms with Crippen LogP contribution < -0.4 is 10.5 Å². The summed E-state index contributed by atoms with van der Waals surface area (Å²) in [6.07, 6.45) is 0. The molecule has 1 heterocycles. The Bertz CT molecular complexity index is 685. The maximum absolute atomic E-state index is 13.0. The van der Waals surface area contributed by atoms with Gasteiger partial charge in [0.25, 0.3) is 10.0 Å². The fourth-order valence-corrected chi connectivity index (χ4v) is 3.61. The van der Waals surface area contributed by atoms with Crippen molar-refractivity contribution in [2.75, 3.05) is 10.5 Å². The maximum atomic E-state index is 13.0. The van der Waals surface area contributed by atoms with Crippen LogP contribution in [0.15, 0.2) is 33.9 Å². The summed E-state index contributed by atoms with van der Waals surface area (Å²) in [5.74, 6) is -0.581. The van der Waals surface area contributed by atoms with Crippen LogP contribution in [-0.2, 0) is 10.0 Å². The molecule has 0 fully saturated rings. The first kappa shape index (κ1) is 13.1. The molecule has 1 aromatic carbocycles. The van der Waals surface area contributed by atoms with Crippen LogP contribution in [0.2, 0.25) is 5.02 Å². The van der Waals surface area contributed by atoms with E-state index in [0.717, 1.165) is 23.5 Å². The summed E-state index contributed by atoms with van der Waals surface area (Å²) in [6.45, 7) is 0. The summed E-state index contributed by atoms with van der Waals surface area (Å²) < 4.78 is 39.2. The highest BCUT2D eigenvalue weighted by Gasteiger charge is 2.18. The standard InChI is InChI=1S/C10H8ClFN2O2S2/c11-8-2-1-6(12)3-9(8)14-18(15,16)10-4-7(13)5-17-10/h1-5,14H,13H2. The minimum Gasteiger partial charge on any atom is -0.398 e. The van der Waals surface area contributed by atoms with Gasteiger partial charge in [-0.25, -0.2) is 12.8 Å². The molecule has 0 radical (unpaired) electrons. The van der Waals surface area contributed by atoms with E-state index in [1.165, 1.54) is 17.5 Å². The maximum Gasteiger partial charge on any atom is 0.271 e. The number of hydrogen-bond acceptors (Lipinski definition) is 4. The third-order valence-corrected chi connectivity index (χ3v) is 5.19. The predicted octanol–water partition coefficient (Wildman–Crippen LogP) is 2.92. The Morgan fingerprint density at radius 1 is 1.33 bits per heavy atom. The van der Waals surface area contributed by atoms with Crippen molar-refractivity contribution in [3.05, 3.63) is 40.5 Å². The van der Waals surface area contributed by atoms with Crippen LogP contribution in [0, 0.1) is 5.82 Å². The number of sulfonamides is 1. The molecule has 0 unspecified atom stereocenters. The summed E-state index contributed by atoms with van der Waals surface area (Å²) in [5, 5.41) is 1.62. The van der Waals surface area contributed by atoms with E-state index in [2.05, 4.69) is 4.72 Å². The van der Waals surface area contributed by atoms with Gasteiger partial charge in [-0.15, -0.1) is 11.3 Å². The molecule has 0 aliphatic heterocycles. The molecule has 8 heteroatoms. The highest BCUT2D eigenvalue weighted by molar-refractivity contribution is 7.94. The number of benzene rings is 1. The highest BCUT2D eigenvalue weighted by Crippen LogP contribution is 2.28. The van der Waals surface area contributed by atoms with Crippen LogP contribution in [0.25, 0.3) is 0 Å². The summed E-state index contributed by atoms with van der Waals surface area (Å²) in [5.41, 5.74) is 5.80. The Morgan fingerprint density at radius 3 is 2.67 bits per heavy atom. The van der Waals surface area contributed by atoms with Crippen molar-refractivity contribution in [1.29, 1.82) is 0 Å². The number of nitrogens with one attached hydrogen (secondary N) is 1. The van der Waals surface area contributed by atoms with Crippen LogP contribution in [0.4, 0.5) is 15.8 Å². The number of nitrogens with two attached hydrogens (primary N) is 1. The lowest BCUT2D eigenvalue weighted by molar-refractivity contribution is 0.603. The van der Waals surface area contributed by atoms with E-state index < -0.39 is 15.8 Å². The molecule has 0 aliphatic carbocycles. The van der Waals surface area contributed by atoms with E-state index in [-0.39, 0.29) is 14.9 Å². The first-order valence-electron chi connectivity index (χ1n) is 4.70. The van der Waals surface area contributed by atoms with Gasteiger partial charge < -0.3 is 5.73 Å². The van der Waals surface area contributed by atoms with Crippen LogP contribution in [0.3, 0.4) is 0 Å². The molecule has 0 aliphatic rings. The van der Waals surface area contributed by atoms with Crippen molar-refractivity contribution < 1.29 is 12.8 Å². The average molecular weight is 307 g/mol.